The van der Waals surface area contributed by atoms with Crippen molar-refractivity contribution in [2.24, 2.45) is 5.92 Å². The first-order valence-electron chi connectivity index (χ1n) is 11.8. The highest BCUT2D eigenvalue weighted by atomic mass is 16.5. The van der Waals surface area contributed by atoms with E-state index in [4.69, 9.17) is 4.74 Å². The summed E-state index contributed by atoms with van der Waals surface area (Å²) >= 11 is 0. The quantitative estimate of drug-likeness (QED) is 0.467. The highest BCUT2D eigenvalue weighted by Gasteiger charge is 2.24. The van der Waals surface area contributed by atoms with Gasteiger partial charge in [-0.2, -0.15) is 5.10 Å². The zero-order valence-electron chi connectivity index (χ0n) is 19.6. The lowest BCUT2D eigenvalue weighted by molar-refractivity contribution is 0.0951. The zero-order chi connectivity index (χ0) is 23.4. The van der Waals surface area contributed by atoms with Gasteiger partial charge in [-0.05, 0) is 50.3 Å². The molecule has 8 heteroatoms. The van der Waals surface area contributed by atoms with Crippen molar-refractivity contribution in [2.75, 3.05) is 12.4 Å². The molecule has 0 radical (unpaired) electrons. The molecule has 1 unspecified atom stereocenters. The number of aryl methyl sites for hydroxylation is 1. The largest absolute Gasteiger partial charge is 0.504 e. The minimum absolute atomic E-state index is 0.0679. The van der Waals surface area contributed by atoms with E-state index in [0.717, 1.165) is 22.3 Å². The molecule has 0 aliphatic heterocycles. The summed E-state index contributed by atoms with van der Waals surface area (Å²) in [4.78, 5) is 17.8. The Balaban J connectivity index is 1.60. The number of aromatic nitrogens is 3. The Morgan fingerprint density at radius 3 is 2.79 bits per heavy atom. The van der Waals surface area contributed by atoms with Crippen LogP contribution in [0.5, 0.6) is 11.5 Å². The van der Waals surface area contributed by atoms with Gasteiger partial charge >= 0.3 is 0 Å². The van der Waals surface area contributed by atoms with Gasteiger partial charge in [-0.3, -0.25) is 4.79 Å². The Morgan fingerprint density at radius 1 is 1.27 bits per heavy atom. The van der Waals surface area contributed by atoms with Gasteiger partial charge < -0.3 is 20.5 Å². The fourth-order valence-corrected chi connectivity index (χ4v) is 4.68. The Hall–Kier alpha value is -3.29. The van der Waals surface area contributed by atoms with E-state index >= 15 is 0 Å². The number of phenolic OH excluding ortho intramolecular Hbond substituents is 1. The summed E-state index contributed by atoms with van der Waals surface area (Å²) < 4.78 is 7.01. The molecule has 1 amide bonds. The first-order valence-corrected chi connectivity index (χ1v) is 11.8. The number of hydrogen-bond acceptors (Lipinski definition) is 6. The van der Waals surface area contributed by atoms with E-state index in [1.807, 2.05) is 11.6 Å². The number of amides is 1. The van der Waals surface area contributed by atoms with E-state index in [1.54, 1.807) is 30.6 Å². The molecule has 3 N–H and O–H groups in total. The molecule has 2 heterocycles. The molecule has 2 aromatic heterocycles. The number of carbonyl (C=O) groups excluding carboxylic acids is 1. The van der Waals surface area contributed by atoms with Crippen LogP contribution >= 0.6 is 0 Å². The molecule has 3 aromatic rings. The topological polar surface area (TPSA) is 101 Å². The van der Waals surface area contributed by atoms with Crippen LogP contribution in [0.2, 0.25) is 0 Å². The lowest BCUT2D eigenvalue weighted by atomic mass is 9.84. The SMILES string of the molecule is CCn1ncc2c(NC(C)C3CCCCC3)c(C(=O)NCc3ccc(O)c(OC)c3)cnc21. The minimum atomic E-state index is -0.209. The molecule has 1 aliphatic rings. The van der Waals surface area contributed by atoms with Crippen LogP contribution in [0.4, 0.5) is 5.69 Å². The number of nitrogens with zero attached hydrogens (tertiary/aromatic N) is 3. The number of rotatable bonds is 8. The van der Waals surface area contributed by atoms with Crippen LogP contribution in [-0.2, 0) is 13.1 Å². The Labute approximate surface area is 194 Å². The second-order valence-electron chi connectivity index (χ2n) is 8.76. The first-order chi connectivity index (χ1) is 16.0. The van der Waals surface area contributed by atoms with E-state index in [0.29, 0.717) is 30.3 Å². The zero-order valence-corrected chi connectivity index (χ0v) is 19.6. The predicted molar refractivity (Wildman–Crippen MR) is 129 cm³/mol. The number of anilines is 1. The number of hydrogen-bond donors (Lipinski definition) is 3. The van der Waals surface area contributed by atoms with Crippen LogP contribution in [0.1, 0.15) is 61.9 Å². The molecule has 8 nitrogen and oxygen atoms in total. The fourth-order valence-electron chi connectivity index (χ4n) is 4.68. The monoisotopic (exact) mass is 451 g/mol. The van der Waals surface area contributed by atoms with E-state index in [1.165, 1.54) is 39.2 Å². The minimum Gasteiger partial charge on any atom is -0.504 e. The second kappa shape index (κ2) is 10.1. The molecule has 4 rings (SSSR count). The Morgan fingerprint density at radius 2 is 2.06 bits per heavy atom. The number of benzene rings is 1. The number of nitrogens with one attached hydrogen (secondary N) is 2. The van der Waals surface area contributed by atoms with Crippen molar-refractivity contribution in [2.45, 2.75) is 65.1 Å². The van der Waals surface area contributed by atoms with Gasteiger partial charge in [0.15, 0.2) is 17.1 Å². The lowest BCUT2D eigenvalue weighted by Crippen LogP contribution is -2.30. The summed E-state index contributed by atoms with van der Waals surface area (Å²) in [6.45, 7) is 5.25. The van der Waals surface area contributed by atoms with Crippen molar-refractivity contribution >= 4 is 22.6 Å². The van der Waals surface area contributed by atoms with Gasteiger partial charge in [0.05, 0.1) is 29.9 Å². The molecule has 1 aliphatic carbocycles. The number of methoxy groups -OCH3 is 1. The van der Waals surface area contributed by atoms with Crippen molar-refractivity contribution in [1.29, 1.82) is 0 Å². The van der Waals surface area contributed by atoms with Crippen LogP contribution in [0.3, 0.4) is 0 Å². The van der Waals surface area contributed by atoms with Gasteiger partial charge in [-0.15, -0.1) is 0 Å². The van der Waals surface area contributed by atoms with Crippen LogP contribution in [0.15, 0.2) is 30.6 Å². The summed E-state index contributed by atoms with van der Waals surface area (Å²) in [5.74, 6) is 0.821. The number of fused-ring (bicyclic) bond motifs is 1. The van der Waals surface area contributed by atoms with Gasteiger partial charge in [0.1, 0.15) is 0 Å². The molecule has 176 valence electrons. The van der Waals surface area contributed by atoms with Crippen LogP contribution in [0, 0.1) is 5.92 Å². The molecule has 1 saturated carbocycles. The lowest BCUT2D eigenvalue weighted by Gasteiger charge is -2.29. The Bertz CT molecular complexity index is 1120. The van der Waals surface area contributed by atoms with Crippen LogP contribution in [-0.4, -0.2) is 38.9 Å². The third-order valence-electron chi connectivity index (χ3n) is 6.64. The summed E-state index contributed by atoms with van der Waals surface area (Å²) in [5.41, 5.74) is 2.90. The maximum atomic E-state index is 13.2. The highest BCUT2D eigenvalue weighted by molar-refractivity contribution is 6.06. The van der Waals surface area contributed by atoms with Crippen molar-refractivity contribution in [3.8, 4) is 11.5 Å². The second-order valence-corrected chi connectivity index (χ2v) is 8.76. The molecule has 0 saturated heterocycles. The molecular weight excluding hydrogens is 418 g/mol. The Kier molecular flexibility index (Phi) is 7.01. The van der Waals surface area contributed by atoms with Crippen molar-refractivity contribution in [3.63, 3.8) is 0 Å². The van der Waals surface area contributed by atoms with Gasteiger partial charge in [0.25, 0.3) is 5.91 Å². The molecular formula is C25H33N5O3. The molecule has 0 bridgehead atoms. The van der Waals surface area contributed by atoms with E-state index in [9.17, 15) is 9.90 Å². The third-order valence-corrected chi connectivity index (χ3v) is 6.64. The van der Waals surface area contributed by atoms with Crippen LogP contribution < -0.4 is 15.4 Å². The van der Waals surface area contributed by atoms with Gasteiger partial charge in [0, 0.05) is 25.3 Å². The maximum absolute atomic E-state index is 13.2. The number of ether oxygens (including phenoxy) is 1. The standard InChI is InChI=1S/C25H33N5O3/c1-4-30-24-19(15-28-30)23(29-16(2)18-8-6-5-7-9-18)20(14-26-24)25(32)27-13-17-10-11-21(31)22(12-17)33-3/h10-12,14-16,18,31H,4-9,13H2,1-3H3,(H,26,29)(H,27,32). The van der Waals surface area contributed by atoms with E-state index in [-0.39, 0.29) is 17.7 Å². The smallest absolute Gasteiger partial charge is 0.255 e. The number of phenols is 1. The summed E-state index contributed by atoms with van der Waals surface area (Å²) in [7, 11) is 1.50. The van der Waals surface area contributed by atoms with Crippen LogP contribution in [0.25, 0.3) is 11.0 Å². The molecule has 1 atom stereocenters. The molecule has 1 aromatic carbocycles. The number of aromatic hydroxyl groups is 1. The van der Waals surface area contributed by atoms with Crippen molar-refractivity contribution in [3.05, 3.63) is 41.7 Å². The summed E-state index contributed by atoms with van der Waals surface area (Å²) in [6, 6.07) is 5.28. The van der Waals surface area contributed by atoms with E-state index in [2.05, 4.69) is 27.6 Å². The maximum Gasteiger partial charge on any atom is 0.255 e. The molecule has 1 fully saturated rings. The fraction of sp³-hybridized carbons (Fsp3) is 0.480. The summed E-state index contributed by atoms with van der Waals surface area (Å²) in [5, 5.41) is 21.8. The van der Waals surface area contributed by atoms with Gasteiger partial charge in [-0.1, -0.05) is 25.3 Å². The molecule has 33 heavy (non-hydrogen) atoms. The normalized spacial score (nSPS) is 15.4. The highest BCUT2D eigenvalue weighted by Crippen LogP contribution is 2.32. The average molecular weight is 452 g/mol. The van der Waals surface area contributed by atoms with Gasteiger partial charge in [0.2, 0.25) is 0 Å². The number of pyridine rings is 1. The van der Waals surface area contributed by atoms with Crippen molar-refractivity contribution in [1.82, 2.24) is 20.1 Å². The predicted octanol–water partition coefficient (Wildman–Crippen LogP) is 4.48. The number of carbonyl (C=O) groups is 1. The first kappa shape index (κ1) is 22.9. The third kappa shape index (κ3) is 4.89. The molecule has 0 spiro atoms. The van der Waals surface area contributed by atoms with Gasteiger partial charge in [-0.25, -0.2) is 9.67 Å². The van der Waals surface area contributed by atoms with E-state index < -0.39 is 0 Å². The summed E-state index contributed by atoms with van der Waals surface area (Å²) in [6.07, 6.45) is 9.69. The average Bonchev–Trinajstić information content (AvgIpc) is 3.27. The van der Waals surface area contributed by atoms with Crippen molar-refractivity contribution < 1.29 is 14.6 Å².